The highest BCUT2D eigenvalue weighted by Gasteiger charge is 2.13. The number of esters is 1. The van der Waals surface area contributed by atoms with Crippen molar-refractivity contribution in [2.75, 3.05) is 21.3 Å². The topological polar surface area (TPSA) is 44.8 Å². The lowest BCUT2D eigenvalue weighted by molar-refractivity contribution is 0.0597. The molecule has 21 heavy (non-hydrogen) atoms. The zero-order chi connectivity index (χ0) is 15.2. The molecule has 0 unspecified atom stereocenters. The molecule has 0 aliphatic rings. The number of methoxy groups -OCH3 is 3. The van der Waals surface area contributed by atoms with Gasteiger partial charge in [0, 0.05) is 0 Å². The minimum Gasteiger partial charge on any atom is -0.497 e. The van der Waals surface area contributed by atoms with Gasteiger partial charge in [0.1, 0.15) is 17.1 Å². The maximum absolute atomic E-state index is 11.8. The van der Waals surface area contributed by atoms with E-state index >= 15 is 0 Å². The van der Waals surface area contributed by atoms with Crippen molar-refractivity contribution in [2.45, 2.75) is 6.42 Å². The third-order valence-electron chi connectivity index (χ3n) is 3.24. The van der Waals surface area contributed by atoms with Crippen molar-refractivity contribution in [3.63, 3.8) is 0 Å². The highest BCUT2D eigenvalue weighted by atomic mass is 16.5. The van der Waals surface area contributed by atoms with Crippen molar-refractivity contribution in [3.05, 3.63) is 59.2 Å². The largest absolute Gasteiger partial charge is 0.497 e. The van der Waals surface area contributed by atoms with Crippen molar-refractivity contribution in [1.82, 2.24) is 0 Å². The van der Waals surface area contributed by atoms with Gasteiger partial charge in [0.25, 0.3) is 0 Å². The van der Waals surface area contributed by atoms with Gasteiger partial charge in [0.15, 0.2) is 0 Å². The molecular weight excluding hydrogens is 268 g/mol. The summed E-state index contributed by atoms with van der Waals surface area (Å²) >= 11 is 0. The van der Waals surface area contributed by atoms with Gasteiger partial charge in [-0.25, -0.2) is 4.79 Å². The van der Waals surface area contributed by atoms with Crippen LogP contribution in [0.5, 0.6) is 11.5 Å². The summed E-state index contributed by atoms with van der Waals surface area (Å²) < 4.78 is 15.1. The Hall–Kier alpha value is -2.49. The Balaban J connectivity index is 2.25. The fourth-order valence-electron chi connectivity index (χ4n) is 2.11. The molecule has 2 rings (SSSR count). The second-order valence-electron chi connectivity index (χ2n) is 4.55. The zero-order valence-corrected chi connectivity index (χ0v) is 12.4. The fraction of sp³-hybridized carbons (Fsp3) is 0.235. The average Bonchev–Trinajstić information content (AvgIpc) is 2.54. The van der Waals surface area contributed by atoms with E-state index in [1.165, 1.54) is 14.2 Å². The lowest BCUT2D eigenvalue weighted by Gasteiger charge is -2.09. The van der Waals surface area contributed by atoms with E-state index < -0.39 is 5.97 Å². The molecule has 4 heteroatoms. The van der Waals surface area contributed by atoms with Crippen LogP contribution >= 0.6 is 0 Å². The normalized spacial score (nSPS) is 10.0. The lowest BCUT2D eigenvalue weighted by atomic mass is 10.0. The van der Waals surface area contributed by atoms with Gasteiger partial charge in [-0.1, -0.05) is 18.2 Å². The minimum absolute atomic E-state index is 0.400. The molecule has 0 atom stereocenters. The van der Waals surface area contributed by atoms with Gasteiger partial charge in [-0.15, -0.1) is 0 Å². The molecule has 0 bridgehead atoms. The van der Waals surface area contributed by atoms with Gasteiger partial charge in [-0.3, -0.25) is 0 Å². The summed E-state index contributed by atoms with van der Waals surface area (Å²) in [6.07, 6.45) is 0.720. The van der Waals surface area contributed by atoms with E-state index in [4.69, 9.17) is 14.2 Å². The van der Waals surface area contributed by atoms with E-state index in [1.54, 1.807) is 19.2 Å². The molecule has 0 N–H and O–H groups in total. The smallest absolute Gasteiger partial charge is 0.341 e. The first-order valence-corrected chi connectivity index (χ1v) is 6.56. The quantitative estimate of drug-likeness (QED) is 0.792. The first-order chi connectivity index (χ1) is 10.2. The van der Waals surface area contributed by atoms with E-state index in [2.05, 4.69) is 0 Å². The van der Waals surface area contributed by atoms with Gasteiger partial charge in [0.2, 0.25) is 0 Å². The van der Waals surface area contributed by atoms with Crippen molar-refractivity contribution in [1.29, 1.82) is 0 Å². The van der Waals surface area contributed by atoms with Gasteiger partial charge in [0.05, 0.1) is 21.3 Å². The number of benzene rings is 2. The summed E-state index contributed by atoms with van der Waals surface area (Å²) in [4.78, 5) is 11.8. The van der Waals surface area contributed by atoms with Crippen LogP contribution < -0.4 is 9.47 Å². The van der Waals surface area contributed by atoms with Crippen LogP contribution in [0.4, 0.5) is 0 Å². The third-order valence-corrected chi connectivity index (χ3v) is 3.24. The van der Waals surface area contributed by atoms with E-state index in [0.717, 1.165) is 23.3 Å². The Bertz CT molecular complexity index is 617. The van der Waals surface area contributed by atoms with Crippen molar-refractivity contribution in [2.24, 2.45) is 0 Å². The number of ether oxygens (including phenoxy) is 3. The number of carbonyl (C=O) groups is 1. The average molecular weight is 286 g/mol. The molecule has 0 aliphatic heterocycles. The van der Waals surface area contributed by atoms with E-state index in [1.807, 2.05) is 30.3 Å². The van der Waals surface area contributed by atoms with Crippen molar-refractivity contribution < 1.29 is 19.0 Å². The number of hydrogen-bond acceptors (Lipinski definition) is 4. The van der Waals surface area contributed by atoms with Crippen LogP contribution in [0.15, 0.2) is 42.5 Å². The summed E-state index contributed by atoms with van der Waals surface area (Å²) in [7, 11) is 4.53. The first-order valence-electron chi connectivity index (χ1n) is 6.56. The van der Waals surface area contributed by atoms with E-state index in [9.17, 15) is 4.79 Å². The molecule has 4 nitrogen and oxygen atoms in total. The van der Waals surface area contributed by atoms with Crippen LogP contribution in [0.2, 0.25) is 0 Å². The predicted octanol–water partition coefficient (Wildman–Crippen LogP) is 3.08. The molecule has 0 fully saturated rings. The van der Waals surface area contributed by atoms with E-state index in [0.29, 0.717) is 11.3 Å². The Labute approximate surface area is 124 Å². The third kappa shape index (κ3) is 3.54. The Morgan fingerprint density at radius 3 is 2.14 bits per heavy atom. The number of rotatable bonds is 5. The molecule has 0 aliphatic carbocycles. The zero-order valence-electron chi connectivity index (χ0n) is 12.4. The van der Waals surface area contributed by atoms with Crippen LogP contribution in [0.25, 0.3) is 0 Å². The van der Waals surface area contributed by atoms with Crippen LogP contribution in [0, 0.1) is 0 Å². The summed E-state index contributed by atoms with van der Waals surface area (Å²) in [5, 5.41) is 0. The second kappa shape index (κ2) is 6.79. The lowest BCUT2D eigenvalue weighted by Crippen LogP contribution is -2.05. The molecule has 110 valence electrons. The molecule has 2 aromatic carbocycles. The molecular formula is C17H18O4. The summed E-state index contributed by atoms with van der Waals surface area (Å²) in [5.41, 5.74) is 2.59. The Morgan fingerprint density at radius 1 is 0.905 bits per heavy atom. The molecule has 0 amide bonds. The predicted molar refractivity (Wildman–Crippen MR) is 80.1 cm³/mol. The number of carbonyl (C=O) groups excluding carboxylic acids is 1. The Morgan fingerprint density at radius 2 is 1.57 bits per heavy atom. The van der Waals surface area contributed by atoms with Crippen molar-refractivity contribution >= 4 is 5.97 Å². The van der Waals surface area contributed by atoms with Crippen LogP contribution in [-0.4, -0.2) is 27.3 Å². The SMILES string of the molecule is COC(=O)c1cc(Cc2ccc(OC)cc2)ccc1OC. The van der Waals surface area contributed by atoms with E-state index in [-0.39, 0.29) is 0 Å². The molecule has 0 aromatic heterocycles. The van der Waals surface area contributed by atoms with Crippen LogP contribution in [0.3, 0.4) is 0 Å². The van der Waals surface area contributed by atoms with Gasteiger partial charge in [-0.05, 0) is 41.8 Å². The molecule has 0 saturated heterocycles. The highest BCUT2D eigenvalue weighted by molar-refractivity contribution is 5.92. The molecule has 2 aromatic rings. The molecule has 0 saturated carbocycles. The maximum atomic E-state index is 11.8. The summed E-state index contributed by atoms with van der Waals surface area (Å²) in [5.74, 6) is 0.937. The highest BCUT2D eigenvalue weighted by Crippen LogP contribution is 2.23. The van der Waals surface area contributed by atoms with Gasteiger partial charge in [-0.2, -0.15) is 0 Å². The van der Waals surface area contributed by atoms with Gasteiger partial charge >= 0.3 is 5.97 Å². The molecule has 0 heterocycles. The summed E-state index contributed by atoms with van der Waals surface area (Å²) in [6, 6.07) is 13.4. The van der Waals surface area contributed by atoms with Crippen molar-refractivity contribution in [3.8, 4) is 11.5 Å². The molecule has 0 radical (unpaired) electrons. The Kier molecular flexibility index (Phi) is 4.82. The van der Waals surface area contributed by atoms with Crippen LogP contribution in [-0.2, 0) is 11.2 Å². The maximum Gasteiger partial charge on any atom is 0.341 e. The fourth-order valence-corrected chi connectivity index (χ4v) is 2.11. The molecule has 0 spiro atoms. The minimum atomic E-state index is -0.400. The van der Waals surface area contributed by atoms with Gasteiger partial charge < -0.3 is 14.2 Å². The number of hydrogen-bond donors (Lipinski definition) is 0. The second-order valence-corrected chi connectivity index (χ2v) is 4.55. The standard InChI is InChI=1S/C17H18O4/c1-19-14-7-4-12(5-8-14)10-13-6-9-16(20-2)15(11-13)17(18)21-3/h4-9,11H,10H2,1-3H3. The summed E-state index contributed by atoms with van der Waals surface area (Å²) in [6.45, 7) is 0. The van der Waals surface area contributed by atoms with Crippen LogP contribution in [0.1, 0.15) is 21.5 Å². The first kappa shape index (κ1) is 14.9. The monoisotopic (exact) mass is 286 g/mol.